The first kappa shape index (κ1) is 21.4. The van der Waals surface area contributed by atoms with Gasteiger partial charge in [-0.25, -0.2) is 8.78 Å². The molecule has 2 N–H and O–H groups in total. The van der Waals surface area contributed by atoms with Crippen LogP contribution in [0.15, 0.2) is 35.3 Å². The number of nitrogens with zero attached hydrogens (tertiary/aromatic N) is 2. The fraction of sp³-hybridized carbons (Fsp3) is 0.545. The molecule has 0 spiro atoms. The SMILES string of the molecule is CC(C(=O)Nc1ccc(OCC2CC2)nn1)[C@H]1CCC(F)(F)[C@@H](c2ccc(=O)[nH]c2)C1. The van der Waals surface area contributed by atoms with Crippen molar-refractivity contribution in [2.45, 2.75) is 50.9 Å². The molecule has 4 rings (SSSR count). The first-order chi connectivity index (χ1) is 14.8. The largest absolute Gasteiger partial charge is 0.476 e. The Hall–Kier alpha value is -2.84. The van der Waals surface area contributed by atoms with E-state index in [-0.39, 0.29) is 36.6 Å². The lowest BCUT2D eigenvalue weighted by Gasteiger charge is -2.38. The van der Waals surface area contributed by atoms with Crippen LogP contribution in [-0.2, 0) is 4.79 Å². The summed E-state index contributed by atoms with van der Waals surface area (Å²) in [4.78, 5) is 26.5. The summed E-state index contributed by atoms with van der Waals surface area (Å²) in [6.07, 6.45) is 3.81. The molecule has 2 aliphatic carbocycles. The second kappa shape index (κ2) is 8.72. The Labute approximate surface area is 178 Å². The van der Waals surface area contributed by atoms with Crippen molar-refractivity contribution >= 4 is 11.7 Å². The van der Waals surface area contributed by atoms with Gasteiger partial charge >= 0.3 is 0 Å². The molecule has 166 valence electrons. The van der Waals surface area contributed by atoms with Crippen LogP contribution >= 0.6 is 0 Å². The van der Waals surface area contributed by atoms with Crippen molar-refractivity contribution in [2.75, 3.05) is 11.9 Å². The quantitative estimate of drug-likeness (QED) is 0.695. The van der Waals surface area contributed by atoms with Gasteiger partial charge in [-0.15, -0.1) is 10.2 Å². The fourth-order valence-electron chi connectivity index (χ4n) is 4.02. The molecule has 2 aromatic heterocycles. The molecule has 31 heavy (non-hydrogen) atoms. The highest BCUT2D eigenvalue weighted by atomic mass is 19.3. The molecule has 0 aliphatic heterocycles. The van der Waals surface area contributed by atoms with Gasteiger partial charge in [0.05, 0.1) is 6.61 Å². The zero-order valence-corrected chi connectivity index (χ0v) is 17.3. The summed E-state index contributed by atoms with van der Waals surface area (Å²) in [5.41, 5.74) is 0.0480. The molecule has 2 fully saturated rings. The van der Waals surface area contributed by atoms with Gasteiger partial charge in [0.15, 0.2) is 5.82 Å². The monoisotopic (exact) mass is 432 g/mol. The van der Waals surface area contributed by atoms with Gasteiger partial charge in [0, 0.05) is 36.6 Å². The average molecular weight is 432 g/mol. The van der Waals surface area contributed by atoms with Crippen LogP contribution in [0.5, 0.6) is 5.88 Å². The Kier molecular flexibility index (Phi) is 6.02. The number of pyridine rings is 1. The van der Waals surface area contributed by atoms with Gasteiger partial charge in [-0.3, -0.25) is 9.59 Å². The summed E-state index contributed by atoms with van der Waals surface area (Å²) < 4.78 is 34.7. The minimum absolute atomic E-state index is 0.160. The summed E-state index contributed by atoms with van der Waals surface area (Å²) in [7, 11) is 0. The van der Waals surface area contributed by atoms with Crippen LogP contribution in [0.4, 0.5) is 14.6 Å². The minimum Gasteiger partial charge on any atom is -0.476 e. The van der Waals surface area contributed by atoms with E-state index >= 15 is 0 Å². The number of amides is 1. The Morgan fingerprint density at radius 1 is 1.26 bits per heavy atom. The molecule has 1 amide bonds. The third kappa shape index (κ3) is 5.26. The van der Waals surface area contributed by atoms with Crippen molar-refractivity contribution in [3.05, 3.63) is 46.4 Å². The van der Waals surface area contributed by atoms with Gasteiger partial charge in [-0.1, -0.05) is 13.0 Å². The summed E-state index contributed by atoms with van der Waals surface area (Å²) in [6, 6.07) is 5.97. The number of anilines is 1. The molecule has 2 saturated carbocycles. The number of carbonyl (C=O) groups is 1. The smallest absolute Gasteiger partial charge is 0.254 e. The van der Waals surface area contributed by atoms with Crippen molar-refractivity contribution in [1.82, 2.24) is 15.2 Å². The maximum atomic E-state index is 14.6. The number of aromatic nitrogens is 3. The standard InChI is InChI=1S/C22H26F2N4O3/c1-13(21(30)26-18-5-7-20(28-27-18)31-12-14-2-3-14)15-8-9-22(23,24)17(10-15)16-4-6-19(29)25-11-16/h4-7,11,13-15,17H,2-3,8-10,12H2,1H3,(H,25,29)(H,26,27,30)/t13?,15-,17+/m0/s1. The van der Waals surface area contributed by atoms with Gasteiger partial charge in [0.25, 0.3) is 5.92 Å². The van der Waals surface area contributed by atoms with E-state index in [0.29, 0.717) is 29.8 Å². The van der Waals surface area contributed by atoms with Crippen LogP contribution < -0.4 is 15.6 Å². The summed E-state index contributed by atoms with van der Waals surface area (Å²) >= 11 is 0. The number of hydrogen-bond donors (Lipinski definition) is 2. The first-order valence-corrected chi connectivity index (χ1v) is 10.7. The predicted molar refractivity (Wildman–Crippen MR) is 110 cm³/mol. The Balaban J connectivity index is 1.37. The van der Waals surface area contributed by atoms with E-state index in [1.807, 2.05) is 0 Å². The lowest BCUT2D eigenvalue weighted by atomic mass is 9.71. The third-order valence-electron chi connectivity index (χ3n) is 6.28. The Morgan fingerprint density at radius 2 is 2.06 bits per heavy atom. The molecule has 2 heterocycles. The lowest BCUT2D eigenvalue weighted by Crippen LogP contribution is -2.38. The van der Waals surface area contributed by atoms with Gasteiger partial charge in [-0.2, -0.15) is 0 Å². The molecule has 2 aliphatic rings. The number of carbonyl (C=O) groups excluding carboxylic acids is 1. The number of nitrogens with one attached hydrogen (secondary N) is 2. The van der Waals surface area contributed by atoms with Crippen molar-refractivity contribution in [3.63, 3.8) is 0 Å². The second-order valence-electron chi connectivity index (χ2n) is 8.62. The number of halogens is 2. The van der Waals surface area contributed by atoms with Crippen LogP contribution in [0, 0.1) is 17.8 Å². The normalized spacial score (nSPS) is 23.7. The van der Waals surface area contributed by atoms with Gasteiger partial charge in [-0.05, 0) is 49.1 Å². The van der Waals surface area contributed by atoms with E-state index in [1.54, 1.807) is 19.1 Å². The van der Waals surface area contributed by atoms with E-state index in [4.69, 9.17) is 4.74 Å². The van der Waals surface area contributed by atoms with Crippen molar-refractivity contribution in [3.8, 4) is 5.88 Å². The van der Waals surface area contributed by atoms with Crippen molar-refractivity contribution in [2.24, 2.45) is 17.8 Å². The van der Waals surface area contributed by atoms with E-state index < -0.39 is 17.8 Å². The molecule has 1 unspecified atom stereocenters. The fourth-order valence-corrected chi connectivity index (χ4v) is 4.02. The third-order valence-corrected chi connectivity index (χ3v) is 6.28. The highest BCUT2D eigenvalue weighted by molar-refractivity contribution is 5.91. The van der Waals surface area contributed by atoms with Crippen molar-refractivity contribution < 1.29 is 18.3 Å². The van der Waals surface area contributed by atoms with E-state index in [2.05, 4.69) is 20.5 Å². The van der Waals surface area contributed by atoms with Gasteiger partial charge in [0.1, 0.15) is 0 Å². The minimum atomic E-state index is -2.88. The molecule has 0 aromatic carbocycles. The van der Waals surface area contributed by atoms with Crippen LogP contribution in [0.2, 0.25) is 0 Å². The van der Waals surface area contributed by atoms with Gasteiger partial charge in [0.2, 0.25) is 17.3 Å². The number of rotatable bonds is 7. The zero-order chi connectivity index (χ0) is 22.0. The molecule has 0 bridgehead atoms. The summed E-state index contributed by atoms with van der Waals surface area (Å²) in [5.74, 6) is -3.58. The summed E-state index contributed by atoms with van der Waals surface area (Å²) in [6.45, 7) is 2.37. The first-order valence-electron chi connectivity index (χ1n) is 10.7. The molecule has 0 saturated heterocycles. The second-order valence-corrected chi connectivity index (χ2v) is 8.62. The molecule has 7 nitrogen and oxygen atoms in total. The molecule has 3 atom stereocenters. The van der Waals surface area contributed by atoms with E-state index in [9.17, 15) is 18.4 Å². The molecular weight excluding hydrogens is 406 g/mol. The molecule has 9 heteroatoms. The summed E-state index contributed by atoms with van der Waals surface area (Å²) in [5, 5.41) is 10.7. The molecular formula is C22H26F2N4O3. The van der Waals surface area contributed by atoms with Crippen LogP contribution in [0.1, 0.15) is 50.5 Å². The maximum Gasteiger partial charge on any atom is 0.254 e. The Bertz CT molecular complexity index is 955. The molecule has 0 radical (unpaired) electrons. The van der Waals surface area contributed by atoms with E-state index in [1.165, 1.54) is 31.2 Å². The van der Waals surface area contributed by atoms with Gasteiger partial charge < -0.3 is 15.0 Å². The predicted octanol–water partition coefficient (Wildman–Crippen LogP) is 3.75. The Morgan fingerprint density at radius 3 is 2.71 bits per heavy atom. The number of hydrogen-bond acceptors (Lipinski definition) is 5. The molecule has 2 aromatic rings. The highest BCUT2D eigenvalue weighted by Crippen LogP contribution is 2.48. The number of H-pyrrole nitrogens is 1. The van der Waals surface area contributed by atoms with E-state index in [0.717, 1.165) is 0 Å². The van der Waals surface area contributed by atoms with Crippen LogP contribution in [0.3, 0.4) is 0 Å². The van der Waals surface area contributed by atoms with Crippen LogP contribution in [-0.4, -0.2) is 33.6 Å². The number of alkyl halides is 2. The topological polar surface area (TPSA) is 97.0 Å². The van der Waals surface area contributed by atoms with Crippen LogP contribution in [0.25, 0.3) is 0 Å². The highest BCUT2D eigenvalue weighted by Gasteiger charge is 2.47. The zero-order valence-electron chi connectivity index (χ0n) is 17.3. The maximum absolute atomic E-state index is 14.6. The lowest BCUT2D eigenvalue weighted by molar-refractivity contribution is -0.124. The number of ether oxygens (including phenoxy) is 1. The van der Waals surface area contributed by atoms with Crippen molar-refractivity contribution in [1.29, 1.82) is 0 Å². The average Bonchev–Trinajstić information content (AvgIpc) is 3.58. The number of aromatic amines is 1.